The highest BCUT2D eigenvalue weighted by Crippen LogP contribution is 2.32. The highest BCUT2D eigenvalue weighted by molar-refractivity contribution is 5.73. The molecule has 0 aliphatic carbocycles. The first kappa shape index (κ1) is 15.6. The predicted octanol–water partition coefficient (Wildman–Crippen LogP) is 2.48. The predicted molar refractivity (Wildman–Crippen MR) is 79.3 cm³/mol. The molecule has 0 aromatic heterocycles. The minimum Gasteiger partial charge on any atom is -0.466 e. The van der Waals surface area contributed by atoms with E-state index in [1.165, 1.54) is 0 Å². The van der Waals surface area contributed by atoms with Gasteiger partial charge in [0.1, 0.15) is 0 Å². The van der Waals surface area contributed by atoms with Gasteiger partial charge in [0.05, 0.1) is 12.5 Å². The van der Waals surface area contributed by atoms with Crippen molar-refractivity contribution in [2.24, 2.45) is 5.92 Å². The molecule has 0 saturated heterocycles. The summed E-state index contributed by atoms with van der Waals surface area (Å²) < 4.78 is 15.8. The molecule has 5 heteroatoms. The van der Waals surface area contributed by atoms with E-state index in [1.54, 1.807) is 0 Å². The molecular weight excluding hydrogens is 270 g/mol. The summed E-state index contributed by atoms with van der Waals surface area (Å²) in [7, 11) is 0. The van der Waals surface area contributed by atoms with Crippen molar-refractivity contribution >= 4 is 5.97 Å². The van der Waals surface area contributed by atoms with Crippen molar-refractivity contribution in [1.29, 1.82) is 0 Å². The average Bonchev–Trinajstić information content (AvgIpc) is 2.93. The molecule has 1 aliphatic heterocycles. The third-order valence-electron chi connectivity index (χ3n) is 3.70. The van der Waals surface area contributed by atoms with Crippen LogP contribution in [0.1, 0.15) is 32.8 Å². The molecule has 0 amide bonds. The third-order valence-corrected chi connectivity index (χ3v) is 3.70. The first-order valence-electron chi connectivity index (χ1n) is 7.44. The van der Waals surface area contributed by atoms with Crippen LogP contribution in [0.25, 0.3) is 0 Å². The molecule has 5 nitrogen and oxygen atoms in total. The number of nitrogens with one attached hydrogen (secondary N) is 1. The van der Waals surface area contributed by atoms with Crippen LogP contribution in [-0.4, -0.2) is 25.4 Å². The van der Waals surface area contributed by atoms with Crippen molar-refractivity contribution < 1.29 is 19.0 Å². The summed E-state index contributed by atoms with van der Waals surface area (Å²) in [5.74, 6) is 1.30. The number of benzene rings is 1. The lowest BCUT2D eigenvalue weighted by Gasteiger charge is -2.22. The molecular formula is C16H23NO4. The van der Waals surface area contributed by atoms with Gasteiger partial charge >= 0.3 is 5.97 Å². The Balaban J connectivity index is 1.90. The van der Waals surface area contributed by atoms with Crippen molar-refractivity contribution in [2.45, 2.75) is 39.8 Å². The van der Waals surface area contributed by atoms with E-state index in [1.807, 2.05) is 39.0 Å². The first-order chi connectivity index (χ1) is 10.2. The second kappa shape index (κ2) is 7.31. The molecule has 116 valence electrons. The Kier molecular flexibility index (Phi) is 5.44. The summed E-state index contributed by atoms with van der Waals surface area (Å²) in [6, 6.07) is 5.93. The van der Waals surface area contributed by atoms with Gasteiger partial charge in [-0.05, 0) is 38.0 Å². The van der Waals surface area contributed by atoms with Crippen molar-refractivity contribution in [3.63, 3.8) is 0 Å². The summed E-state index contributed by atoms with van der Waals surface area (Å²) in [6.45, 7) is 7.22. The molecule has 2 atom stereocenters. The van der Waals surface area contributed by atoms with E-state index in [2.05, 4.69) is 5.32 Å². The minimum absolute atomic E-state index is 0.0551. The molecule has 2 rings (SSSR count). The topological polar surface area (TPSA) is 56.8 Å². The van der Waals surface area contributed by atoms with Crippen molar-refractivity contribution in [2.75, 3.05) is 13.4 Å². The Bertz CT molecular complexity index is 489. The molecule has 2 unspecified atom stereocenters. The molecule has 21 heavy (non-hydrogen) atoms. The monoisotopic (exact) mass is 293 g/mol. The van der Waals surface area contributed by atoms with E-state index in [0.717, 1.165) is 23.5 Å². The molecule has 0 radical (unpaired) electrons. The van der Waals surface area contributed by atoms with Crippen LogP contribution in [0.4, 0.5) is 0 Å². The normalized spacial score (nSPS) is 15.6. The van der Waals surface area contributed by atoms with E-state index in [4.69, 9.17) is 14.2 Å². The maximum absolute atomic E-state index is 11.9. The van der Waals surface area contributed by atoms with Gasteiger partial charge in [-0.15, -0.1) is 0 Å². The Labute approximate surface area is 125 Å². The molecule has 1 aromatic carbocycles. The van der Waals surface area contributed by atoms with Gasteiger partial charge in [0.2, 0.25) is 6.79 Å². The summed E-state index contributed by atoms with van der Waals surface area (Å²) in [4.78, 5) is 11.9. The molecule has 0 fully saturated rings. The number of hydrogen-bond donors (Lipinski definition) is 1. The van der Waals surface area contributed by atoms with Gasteiger partial charge in [0.25, 0.3) is 0 Å². The Morgan fingerprint density at radius 2 is 2.10 bits per heavy atom. The standard InChI is InChI=1S/C16H23NO4/c1-4-13(16(18)19-5-2)11(3)17-9-12-6-7-14-15(8-12)21-10-20-14/h6-8,11,13,17H,4-5,9-10H2,1-3H3. The molecule has 1 aliphatic rings. The minimum atomic E-state index is -0.134. The Hall–Kier alpha value is -1.75. The quantitative estimate of drug-likeness (QED) is 0.783. The van der Waals surface area contributed by atoms with E-state index < -0.39 is 0 Å². The molecule has 0 saturated carbocycles. The van der Waals surface area contributed by atoms with Crippen LogP contribution in [0.15, 0.2) is 18.2 Å². The van der Waals surface area contributed by atoms with Gasteiger partial charge in [-0.3, -0.25) is 4.79 Å². The van der Waals surface area contributed by atoms with E-state index in [0.29, 0.717) is 13.2 Å². The number of rotatable bonds is 7. The second-order valence-electron chi connectivity index (χ2n) is 5.12. The number of hydrogen-bond acceptors (Lipinski definition) is 5. The fourth-order valence-electron chi connectivity index (χ4n) is 2.45. The maximum Gasteiger partial charge on any atom is 0.310 e. The maximum atomic E-state index is 11.9. The lowest BCUT2D eigenvalue weighted by atomic mass is 9.98. The van der Waals surface area contributed by atoms with E-state index >= 15 is 0 Å². The second-order valence-corrected chi connectivity index (χ2v) is 5.12. The third kappa shape index (κ3) is 3.88. The summed E-state index contributed by atoms with van der Waals surface area (Å²) in [6.07, 6.45) is 0.758. The molecule has 0 bridgehead atoms. The SMILES string of the molecule is CCOC(=O)C(CC)C(C)NCc1ccc2c(c1)OCO2. The number of carbonyl (C=O) groups excluding carboxylic acids is 1. The van der Waals surface area contributed by atoms with Crippen molar-refractivity contribution in [1.82, 2.24) is 5.32 Å². The largest absolute Gasteiger partial charge is 0.466 e. The van der Waals surface area contributed by atoms with E-state index in [-0.39, 0.29) is 24.7 Å². The average molecular weight is 293 g/mol. The van der Waals surface area contributed by atoms with Gasteiger partial charge in [-0.25, -0.2) is 0 Å². The van der Waals surface area contributed by atoms with Gasteiger partial charge in [-0.2, -0.15) is 0 Å². The lowest BCUT2D eigenvalue weighted by Crippen LogP contribution is -2.38. The number of carbonyl (C=O) groups is 1. The van der Waals surface area contributed by atoms with Crippen molar-refractivity contribution in [3.8, 4) is 11.5 Å². The molecule has 0 spiro atoms. The van der Waals surface area contributed by atoms with Gasteiger partial charge < -0.3 is 19.5 Å². The molecule has 1 heterocycles. The van der Waals surface area contributed by atoms with Crippen LogP contribution in [0.5, 0.6) is 11.5 Å². The number of esters is 1. The highest BCUT2D eigenvalue weighted by atomic mass is 16.7. The zero-order valence-corrected chi connectivity index (χ0v) is 12.8. The molecule has 1 aromatic rings. The zero-order valence-electron chi connectivity index (χ0n) is 12.8. The Morgan fingerprint density at radius 3 is 2.81 bits per heavy atom. The molecule has 1 N–H and O–H groups in total. The fraction of sp³-hybridized carbons (Fsp3) is 0.562. The van der Waals surface area contributed by atoms with Crippen LogP contribution >= 0.6 is 0 Å². The van der Waals surface area contributed by atoms with Crippen LogP contribution in [0.2, 0.25) is 0 Å². The van der Waals surface area contributed by atoms with Crippen LogP contribution in [-0.2, 0) is 16.1 Å². The van der Waals surface area contributed by atoms with Gasteiger partial charge in [-0.1, -0.05) is 13.0 Å². The van der Waals surface area contributed by atoms with Gasteiger partial charge in [0.15, 0.2) is 11.5 Å². The zero-order chi connectivity index (χ0) is 15.2. The summed E-state index contributed by atoms with van der Waals surface area (Å²) in [5, 5.41) is 3.38. The number of fused-ring (bicyclic) bond motifs is 1. The fourth-order valence-corrected chi connectivity index (χ4v) is 2.45. The Morgan fingerprint density at radius 1 is 1.33 bits per heavy atom. The summed E-state index contributed by atoms with van der Waals surface area (Å²) >= 11 is 0. The van der Waals surface area contributed by atoms with Gasteiger partial charge in [0, 0.05) is 12.6 Å². The van der Waals surface area contributed by atoms with Crippen LogP contribution in [0, 0.1) is 5.92 Å². The van der Waals surface area contributed by atoms with Crippen LogP contribution in [0.3, 0.4) is 0 Å². The lowest BCUT2D eigenvalue weighted by molar-refractivity contribution is -0.149. The number of ether oxygens (including phenoxy) is 3. The smallest absolute Gasteiger partial charge is 0.310 e. The van der Waals surface area contributed by atoms with Crippen LogP contribution < -0.4 is 14.8 Å². The van der Waals surface area contributed by atoms with E-state index in [9.17, 15) is 4.79 Å². The highest BCUT2D eigenvalue weighted by Gasteiger charge is 2.24. The van der Waals surface area contributed by atoms with Crippen molar-refractivity contribution in [3.05, 3.63) is 23.8 Å². The summed E-state index contributed by atoms with van der Waals surface area (Å²) in [5.41, 5.74) is 1.10. The first-order valence-corrected chi connectivity index (χ1v) is 7.44.